The van der Waals surface area contributed by atoms with E-state index in [1.165, 1.54) is 0 Å². The van der Waals surface area contributed by atoms with Crippen molar-refractivity contribution in [1.82, 2.24) is 29.9 Å². The molecule has 2 aromatic heterocycles. The van der Waals surface area contributed by atoms with Gasteiger partial charge in [-0.2, -0.15) is 10.2 Å². The Morgan fingerprint density at radius 2 is 2.33 bits per heavy atom. The molecule has 21 heavy (non-hydrogen) atoms. The van der Waals surface area contributed by atoms with E-state index < -0.39 is 0 Å². The average molecular weight is 309 g/mol. The first-order valence-corrected chi connectivity index (χ1v) is 7.30. The summed E-state index contributed by atoms with van der Waals surface area (Å²) in [7, 11) is 0. The lowest BCUT2D eigenvalue weighted by atomic mass is 10.2. The van der Waals surface area contributed by atoms with E-state index >= 15 is 0 Å². The van der Waals surface area contributed by atoms with Crippen molar-refractivity contribution in [2.45, 2.75) is 39.3 Å². The Labute approximate surface area is 127 Å². The van der Waals surface area contributed by atoms with E-state index in [0.29, 0.717) is 10.8 Å². The zero-order valence-electron chi connectivity index (χ0n) is 12.0. The number of carbonyl (C=O) groups excluding carboxylic acids is 1. The highest BCUT2D eigenvalue weighted by atomic mass is 35.5. The lowest BCUT2D eigenvalue weighted by molar-refractivity contribution is -0.133. The van der Waals surface area contributed by atoms with Gasteiger partial charge in [0.25, 0.3) is 0 Å². The van der Waals surface area contributed by atoms with Gasteiger partial charge in [0.15, 0.2) is 5.82 Å². The van der Waals surface area contributed by atoms with Crippen LogP contribution in [0, 0.1) is 13.8 Å². The number of H-pyrrole nitrogens is 1. The highest BCUT2D eigenvalue weighted by Gasteiger charge is 2.32. The molecule has 3 rings (SSSR count). The molecule has 2 aromatic rings. The molecule has 0 saturated carbocycles. The van der Waals surface area contributed by atoms with Crippen molar-refractivity contribution in [3.05, 3.63) is 28.6 Å². The average Bonchev–Trinajstić information content (AvgIpc) is 3.11. The highest BCUT2D eigenvalue weighted by molar-refractivity contribution is 6.31. The predicted octanol–water partition coefficient (Wildman–Crippen LogP) is 1.64. The van der Waals surface area contributed by atoms with Crippen LogP contribution >= 0.6 is 11.6 Å². The lowest BCUT2D eigenvalue weighted by Gasteiger charge is -2.22. The third-order valence-electron chi connectivity index (χ3n) is 3.67. The molecule has 112 valence electrons. The zero-order valence-corrected chi connectivity index (χ0v) is 12.8. The van der Waals surface area contributed by atoms with Crippen LogP contribution in [0.3, 0.4) is 0 Å². The van der Waals surface area contributed by atoms with Crippen LogP contribution in [0.15, 0.2) is 6.20 Å². The van der Waals surface area contributed by atoms with Gasteiger partial charge in [-0.05, 0) is 26.7 Å². The minimum atomic E-state index is -0.0467. The van der Waals surface area contributed by atoms with Gasteiger partial charge in [-0.25, -0.2) is 4.98 Å². The minimum absolute atomic E-state index is 0.0131. The molecule has 0 radical (unpaired) electrons. The maximum atomic E-state index is 12.5. The van der Waals surface area contributed by atoms with Crippen molar-refractivity contribution < 1.29 is 4.79 Å². The molecule has 0 bridgehead atoms. The number of halogens is 1. The van der Waals surface area contributed by atoms with Crippen LogP contribution in [-0.2, 0) is 11.3 Å². The van der Waals surface area contributed by atoms with Crippen LogP contribution in [-0.4, -0.2) is 42.3 Å². The van der Waals surface area contributed by atoms with E-state index in [1.54, 1.807) is 10.9 Å². The summed E-state index contributed by atoms with van der Waals surface area (Å²) in [6.07, 6.45) is 3.53. The Balaban J connectivity index is 1.74. The molecule has 1 unspecified atom stereocenters. The Morgan fingerprint density at radius 3 is 2.95 bits per heavy atom. The van der Waals surface area contributed by atoms with Crippen molar-refractivity contribution in [1.29, 1.82) is 0 Å². The summed E-state index contributed by atoms with van der Waals surface area (Å²) in [4.78, 5) is 18.7. The molecule has 1 aliphatic heterocycles. The van der Waals surface area contributed by atoms with E-state index in [9.17, 15) is 4.79 Å². The zero-order chi connectivity index (χ0) is 15.0. The Hall–Kier alpha value is -1.89. The second-order valence-electron chi connectivity index (χ2n) is 5.28. The summed E-state index contributed by atoms with van der Waals surface area (Å²) in [6, 6.07) is -0.0467. The van der Waals surface area contributed by atoms with Crippen molar-refractivity contribution in [2.24, 2.45) is 0 Å². The van der Waals surface area contributed by atoms with Gasteiger partial charge < -0.3 is 4.90 Å². The fourth-order valence-electron chi connectivity index (χ4n) is 2.65. The topological polar surface area (TPSA) is 79.7 Å². The number of aromatic nitrogens is 5. The van der Waals surface area contributed by atoms with Crippen LogP contribution in [0.25, 0.3) is 0 Å². The van der Waals surface area contributed by atoms with Crippen molar-refractivity contribution in [3.8, 4) is 0 Å². The largest absolute Gasteiger partial charge is 0.331 e. The first-order chi connectivity index (χ1) is 10.0. The van der Waals surface area contributed by atoms with Gasteiger partial charge in [0, 0.05) is 12.7 Å². The molecule has 0 spiro atoms. The molecular formula is C13H17ClN6O. The predicted molar refractivity (Wildman–Crippen MR) is 76.8 cm³/mol. The van der Waals surface area contributed by atoms with Crippen molar-refractivity contribution in [3.63, 3.8) is 0 Å². The third-order valence-corrected chi connectivity index (χ3v) is 4.04. The van der Waals surface area contributed by atoms with Gasteiger partial charge in [0.05, 0.1) is 16.8 Å². The number of hydrogen-bond acceptors (Lipinski definition) is 4. The van der Waals surface area contributed by atoms with Crippen LogP contribution < -0.4 is 0 Å². The third kappa shape index (κ3) is 2.78. The van der Waals surface area contributed by atoms with E-state index in [2.05, 4.69) is 20.3 Å². The number of nitrogens with zero attached hydrogens (tertiary/aromatic N) is 5. The molecule has 1 saturated heterocycles. The van der Waals surface area contributed by atoms with Crippen LogP contribution in [0.5, 0.6) is 0 Å². The standard InChI is InChI=1S/C13H17ClN6O/c1-8-10(14)6-19(18-8)7-12(21)20-5-3-4-11(20)13-15-9(2)16-17-13/h6,11H,3-5,7H2,1-2H3,(H,15,16,17). The van der Waals surface area contributed by atoms with Gasteiger partial charge in [0.2, 0.25) is 5.91 Å². The molecule has 0 aromatic carbocycles. The Bertz CT molecular complexity index is 644. The second kappa shape index (κ2) is 5.48. The number of nitrogens with one attached hydrogen (secondary N) is 1. The van der Waals surface area contributed by atoms with Gasteiger partial charge in [-0.1, -0.05) is 11.6 Å². The van der Waals surface area contributed by atoms with Crippen LogP contribution in [0.1, 0.15) is 36.2 Å². The number of aryl methyl sites for hydroxylation is 2. The number of amides is 1. The molecule has 1 N–H and O–H groups in total. The van der Waals surface area contributed by atoms with Crippen LogP contribution in [0.4, 0.5) is 0 Å². The molecule has 1 atom stereocenters. The molecule has 3 heterocycles. The number of likely N-dealkylation sites (tertiary alicyclic amines) is 1. The molecule has 1 aliphatic rings. The number of rotatable bonds is 3. The summed E-state index contributed by atoms with van der Waals surface area (Å²) < 4.78 is 1.58. The molecule has 1 fully saturated rings. The number of hydrogen-bond donors (Lipinski definition) is 1. The van der Waals surface area contributed by atoms with Crippen molar-refractivity contribution >= 4 is 17.5 Å². The molecule has 1 amide bonds. The normalized spacial score (nSPS) is 18.4. The first-order valence-electron chi connectivity index (χ1n) is 6.92. The van der Waals surface area contributed by atoms with Gasteiger partial charge in [-0.3, -0.25) is 14.6 Å². The van der Waals surface area contributed by atoms with E-state index in [0.717, 1.165) is 30.9 Å². The van der Waals surface area contributed by atoms with E-state index in [4.69, 9.17) is 11.6 Å². The molecule has 8 heteroatoms. The quantitative estimate of drug-likeness (QED) is 0.934. The monoisotopic (exact) mass is 308 g/mol. The fourth-order valence-corrected chi connectivity index (χ4v) is 2.80. The summed E-state index contributed by atoms with van der Waals surface area (Å²) in [5, 5.41) is 11.8. The number of aromatic amines is 1. The molecule has 0 aliphatic carbocycles. The summed E-state index contributed by atoms with van der Waals surface area (Å²) in [5.74, 6) is 1.46. The Morgan fingerprint density at radius 1 is 1.52 bits per heavy atom. The fraction of sp³-hybridized carbons (Fsp3) is 0.538. The highest BCUT2D eigenvalue weighted by Crippen LogP contribution is 2.30. The summed E-state index contributed by atoms with van der Waals surface area (Å²) in [5.41, 5.74) is 0.729. The lowest BCUT2D eigenvalue weighted by Crippen LogP contribution is -2.34. The Kier molecular flexibility index (Phi) is 3.67. The summed E-state index contributed by atoms with van der Waals surface area (Å²) in [6.45, 7) is 4.59. The maximum absolute atomic E-state index is 12.5. The first kappa shape index (κ1) is 14.1. The summed E-state index contributed by atoms with van der Waals surface area (Å²) >= 11 is 5.97. The number of carbonyl (C=O) groups is 1. The van der Waals surface area contributed by atoms with E-state index in [1.807, 2.05) is 18.7 Å². The van der Waals surface area contributed by atoms with E-state index in [-0.39, 0.29) is 18.5 Å². The van der Waals surface area contributed by atoms with Crippen molar-refractivity contribution in [2.75, 3.05) is 6.54 Å². The SMILES string of the molecule is Cc1nc(C2CCCN2C(=O)Cn2cc(Cl)c(C)n2)n[nH]1. The smallest absolute Gasteiger partial charge is 0.244 e. The van der Waals surface area contributed by atoms with Gasteiger partial charge >= 0.3 is 0 Å². The molecule has 7 nitrogen and oxygen atoms in total. The van der Waals surface area contributed by atoms with Crippen LogP contribution in [0.2, 0.25) is 5.02 Å². The van der Waals surface area contributed by atoms with Gasteiger partial charge in [-0.15, -0.1) is 0 Å². The van der Waals surface area contributed by atoms with Gasteiger partial charge in [0.1, 0.15) is 12.4 Å². The minimum Gasteiger partial charge on any atom is -0.331 e. The maximum Gasteiger partial charge on any atom is 0.244 e. The molecular weight excluding hydrogens is 292 g/mol. The second-order valence-corrected chi connectivity index (χ2v) is 5.69.